The van der Waals surface area contributed by atoms with Gasteiger partial charge in [0.05, 0.1) is 17.1 Å². The summed E-state index contributed by atoms with van der Waals surface area (Å²) >= 11 is 1.64. The summed E-state index contributed by atoms with van der Waals surface area (Å²) in [6.45, 7) is 7.32. The Morgan fingerprint density at radius 2 is 1.75 bits per heavy atom. The van der Waals surface area contributed by atoms with Crippen LogP contribution in [0, 0.1) is 0 Å². The van der Waals surface area contributed by atoms with Gasteiger partial charge in [-0.2, -0.15) is 0 Å². The first-order valence-corrected chi connectivity index (χ1v) is 13.1. The maximum atomic E-state index is 12.8. The van der Waals surface area contributed by atoms with Crippen LogP contribution in [0.15, 0.2) is 53.9 Å². The van der Waals surface area contributed by atoms with E-state index in [9.17, 15) is 18.0 Å². The molecule has 1 amide bonds. The maximum absolute atomic E-state index is 12.8. The second-order valence-electron chi connectivity index (χ2n) is 8.78. The fourth-order valence-electron chi connectivity index (χ4n) is 4.56. The molecule has 9 heteroatoms. The van der Waals surface area contributed by atoms with E-state index >= 15 is 0 Å². The summed E-state index contributed by atoms with van der Waals surface area (Å²) in [5, 5.41) is 3.14. The number of ether oxygens (including phenoxy) is 1. The zero-order valence-electron chi connectivity index (χ0n) is 20.4. The predicted molar refractivity (Wildman–Crippen MR) is 136 cm³/mol. The molecule has 5 nitrogen and oxygen atoms in total. The SMILES string of the molecule is CCN(CC)c1ccc(-c2csc(C3CCN(C(=O)Cc4ccccc4OC(F)(F)F)CC3)n2)cc1. The number of para-hydroxylation sites is 1. The lowest BCUT2D eigenvalue weighted by Crippen LogP contribution is -2.38. The van der Waals surface area contributed by atoms with Crippen molar-refractivity contribution in [2.24, 2.45) is 0 Å². The monoisotopic (exact) mass is 517 g/mol. The molecule has 0 spiro atoms. The number of nitrogens with zero attached hydrogens (tertiary/aromatic N) is 3. The summed E-state index contributed by atoms with van der Waals surface area (Å²) in [7, 11) is 0. The van der Waals surface area contributed by atoms with Gasteiger partial charge >= 0.3 is 6.36 Å². The number of carbonyl (C=O) groups is 1. The highest BCUT2D eigenvalue weighted by Crippen LogP contribution is 2.34. The van der Waals surface area contributed by atoms with Crippen molar-refractivity contribution in [3.63, 3.8) is 0 Å². The Bertz CT molecular complexity index is 1150. The Labute approximate surface area is 213 Å². The van der Waals surface area contributed by atoms with Crippen LogP contribution in [-0.4, -0.2) is 48.3 Å². The molecule has 2 heterocycles. The highest BCUT2D eigenvalue weighted by atomic mass is 32.1. The molecule has 1 aliphatic rings. The molecule has 0 unspecified atom stereocenters. The topological polar surface area (TPSA) is 45.7 Å². The molecule has 0 radical (unpaired) electrons. The Kier molecular flexibility index (Phi) is 8.18. The first-order valence-electron chi connectivity index (χ1n) is 12.2. The van der Waals surface area contributed by atoms with Crippen molar-refractivity contribution < 1.29 is 22.7 Å². The summed E-state index contributed by atoms with van der Waals surface area (Å²) < 4.78 is 42.1. The largest absolute Gasteiger partial charge is 0.573 e. The number of thiazole rings is 1. The second-order valence-corrected chi connectivity index (χ2v) is 9.67. The number of benzene rings is 2. The van der Waals surface area contributed by atoms with Gasteiger partial charge in [-0.3, -0.25) is 4.79 Å². The minimum atomic E-state index is -4.79. The van der Waals surface area contributed by atoms with E-state index in [1.807, 2.05) is 0 Å². The fraction of sp³-hybridized carbons (Fsp3) is 0.407. The average Bonchev–Trinajstić information content (AvgIpc) is 3.36. The third-order valence-corrected chi connectivity index (χ3v) is 7.56. The van der Waals surface area contributed by atoms with Crippen molar-refractivity contribution in [1.29, 1.82) is 0 Å². The van der Waals surface area contributed by atoms with Gasteiger partial charge in [-0.05, 0) is 44.9 Å². The van der Waals surface area contributed by atoms with Crippen LogP contribution in [0.25, 0.3) is 11.3 Å². The summed E-state index contributed by atoms with van der Waals surface area (Å²) in [5.74, 6) is -0.253. The van der Waals surface area contributed by atoms with Crippen LogP contribution in [0.2, 0.25) is 0 Å². The Hall–Kier alpha value is -3.07. The van der Waals surface area contributed by atoms with Crippen LogP contribution in [0.1, 0.15) is 43.2 Å². The van der Waals surface area contributed by atoms with Gasteiger partial charge in [0.25, 0.3) is 0 Å². The minimum Gasteiger partial charge on any atom is -0.405 e. The smallest absolute Gasteiger partial charge is 0.405 e. The van der Waals surface area contributed by atoms with E-state index in [4.69, 9.17) is 4.98 Å². The van der Waals surface area contributed by atoms with E-state index in [-0.39, 0.29) is 29.6 Å². The molecular weight excluding hydrogens is 487 g/mol. The van der Waals surface area contributed by atoms with Crippen LogP contribution in [0.5, 0.6) is 5.75 Å². The lowest BCUT2D eigenvalue weighted by atomic mass is 9.97. The Balaban J connectivity index is 1.34. The van der Waals surface area contributed by atoms with Crippen LogP contribution in [0.3, 0.4) is 0 Å². The van der Waals surface area contributed by atoms with Crippen molar-refractivity contribution in [3.8, 4) is 17.0 Å². The van der Waals surface area contributed by atoms with Gasteiger partial charge in [-0.25, -0.2) is 4.98 Å². The van der Waals surface area contributed by atoms with Gasteiger partial charge in [-0.15, -0.1) is 24.5 Å². The molecule has 2 aromatic carbocycles. The van der Waals surface area contributed by atoms with Crippen molar-refractivity contribution in [1.82, 2.24) is 9.88 Å². The normalized spacial score (nSPS) is 14.6. The average molecular weight is 518 g/mol. The van der Waals surface area contributed by atoms with Gasteiger partial charge in [-0.1, -0.05) is 30.3 Å². The number of hydrogen-bond donors (Lipinski definition) is 0. The van der Waals surface area contributed by atoms with Gasteiger partial charge in [0.2, 0.25) is 5.91 Å². The molecule has 0 atom stereocenters. The lowest BCUT2D eigenvalue weighted by molar-refractivity contribution is -0.274. The first-order chi connectivity index (χ1) is 17.3. The number of anilines is 1. The molecule has 36 heavy (non-hydrogen) atoms. The molecule has 1 aliphatic heterocycles. The van der Waals surface area contributed by atoms with Gasteiger partial charge < -0.3 is 14.5 Å². The van der Waals surface area contributed by atoms with Crippen LogP contribution >= 0.6 is 11.3 Å². The quantitative estimate of drug-likeness (QED) is 0.342. The van der Waals surface area contributed by atoms with Crippen LogP contribution < -0.4 is 9.64 Å². The van der Waals surface area contributed by atoms with Crippen molar-refractivity contribution in [2.45, 2.75) is 45.4 Å². The number of amides is 1. The van der Waals surface area contributed by atoms with Gasteiger partial charge in [0, 0.05) is 54.3 Å². The second kappa shape index (κ2) is 11.3. The molecule has 0 saturated carbocycles. The number of alkyl halides is 3. The van der Waals surface area contributed by atoms with E-state index in [1.54, 1.807) is 22.3 Å². The van der Waals surface area contributed by atoms with Crippen molar-refractivity contribution >= 4 is 22.9 Å². The third kappa shape index (κ3) is 6.37. The summed E-state index contributed by atoms with van der Waals surface area (Å²) in [4.78, 5) is 21.7. The number of rotatable bonds is 8. The molecule has 0 bridgehead atoms. The molecule has 1 fully saturated rings. The van der Waals surface area contributed by atoms with E-state index in [2.05, 4.69) is 53.1 Å². The number of piperidine rings is 1. The highest BCUT2D eigenvalue weighted by molar-refractivity contribution is 7.10. The van der Waals surface area contributed by atoms with Gasteiger partial charge in [0.15, 0.2) is 0 Å². The Morgan fingerprint density at radius 1 is 1.08 bits per heavy atom. The van der Waals surface area contributed by atoms with Crippen LogP contribution in [-0.2, 0) is 11.2 Å². The van der Waals surface area contributed by atoms with Gasteiger partial charge in [0.1, 0.15) is 5.75 Å². The molecule has 1 saturated heterocycles. The fourth-order valence-corrected chi connectivity index (χ4v) is 5.56. The molecule has 4 rings (SSSR count). The Morgan fingerprint density at radius 3 is 2.39 bits per heavy atom. The number of aromatic nitrogens is 1. The van der Waals surface area contributed by atoms with E-state index in [1.165, 1.54) is 23.9 Å². The van der Waals surface area contributed by atoms with Crippen molar-refractivity contribution in [3.05, 3.63) is 64.5 Å². The number of carbonyl (C=O) groups excluding carboxylic acids is 1. The number of halogens is 3. The zero-order chi connectivity index (χ0) is 25.7. The zero-order valence-corrected chi connectivity index (χ0v) is 21.2. The van der Waals surface area contributed by atoms with Crippen molar-refractivity contribution in [2.75, 3.05) is 31.1 Å². The third-order valence-electron chi connectivity index (χ3n) is 6.55. The number of likely N-dealkylation sites (tertiary alicyclic amines) is 1. The van der Waals surface area contributed by atoms with Crippen LogP contribution in [0.4, 0.5) is 18.9 Å². The molecule has 192 valence electrons. The molecular formula is C27H30F3N3O2S. The molecule has 3 aromatic rings. The molecule has 0 N–H and O–H groups in total. The summed E-state index contributed by atoms with van der Waals surface area (Å²) in [6, 6.07) is 14.3. The van der Waals surface area contributed by atoms with E-state index in [0.29, 0.717) is 13.1 Å². The highest BCUT2D eigenvalue weighted by Gasteiger charge is 2.33. The molecule has 1 aromatic heterocycles. The first kappa shape index (κ1) is 26.0. The standard InChI is InChI=1S/C27H30F3N3O2S/c1-3-32(4-2)22-11-9-19(10-12-22)23-18-36-26(31-23)20-13-15-33(16-14-20)25(34)17-21-7-5-6-8-24(21)35-27(28,29)30/h5-12,18,20H,3-4,13-17H2,1-2H3. The number of hydrogen-bond acceptors (Lipinski definition) is 5. The maximum Gasteiger partial charge on any atom is 0.573 e. The lowest BCUT2D eigenvalue weighted by Gasteiger charge is -2.31. The summed E-state index contributed by atoms with van der Waals surface area (Å²) in [6.07, 6.45) is -3.36. The minimum absolute atomic E-state index is 0.123. The molecule has 0 aliphatic carbocycles. The summed E-state index contributed by atoms with van der Waals surface area (Å²) in [5.41, 5.74) is 3.48. The van der Waals surface area contributed by atoms with E-state index in [0.717, 1.165) is 42.2 Å². The predicted octanol–water partition coefficient (Wildman–Crippen LogP) is 6.50. The van der Waals surface area contributed by atoms with E-state index < -0.39 is 6.36 Å².